The number of rotatable bonds is 5. The summed E-state index contributed by atoms with van der Waals surface area (Å²) in [5, 5.41) is 3.86. The molecule has 0 aromatic carbocycles. The molecule has 0 aliphatic carbocycles. The van der Waals surface area contributed by atoms with Crippen LogP contribution in [0.25, 0.3) is 0 Å². The van der Waals surface area contributed by atoms with Crippen LogP contribution in [0.4, 0.5) is 5.82 Å². The van der Waals surface area contributed by atoms with Gasteiger partial charge >= 0.3 is 0 Å². The lowest BCUT2D eigenvalue weighted by Crippen LogP contribution is -2.05. The van der Waals surface area contributed by atoms with E-state index in [0.29, 0.717) is 5.25 Å². The summed E-state index contributed by atoms with van der Waals surface area (Å²) in [6.07, 6.45) is 1.88. The van der Waals surface area contributed by atoms with Crippen molar-refractivity contribution in [1.29, 1.82) is 0 Å². The number of hydrogen-bond donors (Lipinski definition) is 1. The Balaban J connectivity index is 2.69. The largest absolute Gasteiger partial charge is 0.369 e. The van der Waals surface area contributed by atoms with Crippen molar-refractivity contribution in [2.24, 2.45) is 0 Å². The molecule has 0 atom stereocenters. The van der Waals surface area contributed by atoms with Crippen LogP contribution in [0.2, 0.25) is 0 Å². The van der Waals surface area contributed by atoms with Crippen LogP contribution in [0, 0.1) is 3.57 Å². The van der Waals surface area contributed by atoms with Crippen molar-refractivity contribution < 1.29 is 0 Å². The van der Waals surface area contributed by atoms with Gasteiger partial charge in [0, 0.05) is 12.7 Å². The Hall–Kier alpha value is -0.0400. The van der Waals surface area contributed by atoms with E-state index >= 15 is 0 Å². The van der Waals surface area contributed by atoms with E-state index in [0.717, 1.165) is 27.5 Å². The predicted molar refractivity (Wildman–Crippen MR) is 75.3 cm³/mol. The number of thioether (sulfide) groups is 1. The third kappa shape index (κ3) is 4.55. The molecule has 0 unspecified atom stereocenters. The number of anilines is 1. The summed E-state index contributed by atoms with van der Waals surface area (Å²) in [5.74, 6) is 2.74. The highest BCUT2D eigenvalue weighted by Gasteiger charge is 2.04. The lowest BCUT2D eigenvalue weighted by atomic mass is 10.5. The second-order valence-electron chi connectivity index (χ2n) is 3.37. The van der Waals surface area contributed by atoms with Crippen LogP contribution in [-0.2, 0) is 5.75 Å². The van der Waals surface area contributed by atoms with Gasteiger partial charge in [-0.25, -0.2) is 9.97 Å². The summed E-state index contributed by atoms with van der Waals surface area (Å²) in [6, 6.07) is 0. The van der Waals surface area contributed by atoms with Crippen LogP contribution >= 0.6 is 34.4 Å². The highest BCUT2D eigenvalue weighted by molar-refractivity contribution is 14.1. The Morgan fingerprint density at radius 2 is 2.27 bits per heavy atom. The fourth-order valence-electron chi connectivity index (χ4n) is 1.01. The number of nitrogens with one attached hydrogen (secondary N) is 1. The average molecular weight is 337 g/mol. The molecule has 1 aromatic heterocycles. The zero-order valence-corrected chi connectivity index (χ0v) is 12.2. The topological polar surface area (TPSA) is 37.8 Å². The molecule has 0 saturated carbocycles. The normalized spacial score (nSPS) is 10.7. The van der Waals surface area contributed by atoms with E-state index in [9.17, 15) is 0 Å². The third-order valence-corrected chi connectivity index (χ3v) is 3.56. The molecule has 1 N–H and O–H groups in total. The van der Waals surface area contributed by atoms with Crippen LogP contribution in [-0.4, -0.2) is 21.8 Å². The first kappa shape index (κ1) is 13.0. The SMILES string of the molecule is CCNc1nc(CSC(C)C)ncc1I. The van der Waals surface area contributed by atoms with E-state index in [-0.39, 0.29) is 0 Å². The minimum absolute atomic E-state index is 0.621. The van der Waals surface area contributed by atoms with Crippen molar-refractivity contribution in [2.75, 3.05) is 11.9 Å². The van der Waals surface area contributed by atoms with E-state index in [1.54, 1.807) is 0 Å². The molecule has 0 spiro atoms. The van der Waals surface area contributed by atoms with Crippen molar-refractivity contribution in [3.05, 3.63) is 15.6 Å². The number of aromatic nitrogens is 2. The minimum atomic E-state index is 0.621. The second kappa shape index (κ2) is 6.52. The summed E-state index contributed by atoms with van der Waals surface area (Å²) in [4.78, 5) is 8.80. The van der Waals surface area contributed by atoms with Gasteiger partial charge in [0.2, 0.25) is 0 Å². The van der Waals surface area contributed by atoms with Crippen molar-refractivity contribution in [3.63, 3.8) is 0 Å². The lowest BCUT2D eigenvalue weighted by molar-refractivity contribution is 1.00. The molecule has 0 fully saturated rings. The van der Waals surface area contributed by atoms with Crippen LogP contribution < -0.4 is 5.32 Å². The fourth-order valence-corrected chi connectivity index (χ4v) is 2.08. The van der Waals surface area contributed by atoms with Gasteiger partial charge in [0.15, 0.2) is 0 Å². The Morgan fingerprint density at radius 1 is 1.53 bits per heavy atom. The maximum absolute atomic E-state index is 4.48. The summed E-state index contributed by atoms with van der Waals surface area (Å²) >= 11 is 4.11. The molecule has 84 valence electrons. The molecule has 5 heteroatoms. The monoisotopic (exact) mass is 337 g/mol. The van der Waals surface area contributed by atoms with Gasteiger partial charge in [-0.05, 0) is 34.8 Å². The second-order valence-corrected chi connectivity index (χ2v) is 6.10. The van der Waals surface area contributed by atoms with Crippen LogP contribution in [0.15, 0.2) is 6.20 Å². The molecule has 0 bridgehead atoms. The molecule has 0 aliphatic heterocycles. The number of hydrogen-bond acceptors (Lipinski definition) is 4. The molecule has 0 amide bonds. The standard InChI is InChI=1S/C10H16IN3S/c1-4-12-10-8(11)5-13-9(14-10)6-15-7(2)3/h5,7H,4,6H2,1-3H3,(H,12,13,14). The van der Waals surface area contributed by atoms with Crippen molar-refractivity contribution in [1.82, 2.24) is 9.97 Å². The lowest BCUT2D eigenvalue weighted by Gasteiger charge is -2.08. The molecule has 15 heavy (non-hydrogen) atoms. The van der Waals surface area contributed by atoms with Gasteiger partial charge in [0.25, 0.3) is 0 Å². The third-order valence-electron chi connectivity index (χ3n) is 1.68. The van der Waals surface area contributed by atoms with Crippen LogP contribution in [0.3, 0.4) is 0 Å². The highest BCUT2D eigenvalue weighted by atomic mass is 127. The zero-order valence-electron chi connectivity index (χ0n) is 9.25. The van der Waals surface area contributed by atoms with E-state index in [2.05, 4.69) is 58.6 Å². The quantitative estimate of drug-likeness (QED) is 0.838. The Kier molecular flexibility index (Phi) is 5.66. The fraction of sp³-hybridized carbons (Fsp3) is 0.600. The maximum Gasteiger partial charge on any atom is 0.143 e. The smallest absolute Gasteiger partial charge is 0.143 e. The first-order valence-corrected chi connectivity index (χ1v) is 7.13. The van der Waals surface area contributed by atoms with E-state index < -0.39 is 0 Å². The van der Waals surface area contributed by atoms with Crippen LogP contribution in [0.5, 0.6) is 0 Å². The minimum Gasteiger partial charge on any atom is -0.369 e. The van der Waals surface area contributed by atoms with Crippen LogP contribution in [0.1, 0.15) is 26.6 Å². The van der Waals surface area contributed by atoms with E-state index in [1.807, 2.05) is 18.0 Å². The van der Waals surface area contributed by atoms with Gasteiger partial charge in [0.1, 0.15) is 11.6 Å². The zero-order chi connectivity index (χ0) is 11.3. The Bertz CT molecular complexity index is 318. The molecular formula is C10H16IN3S. The first-order chi connectivity index (χ1) is 7.13. The van der Waals surface area contributed by atoms with Crippen molar-refractivity contribution in [2.45, 2.75) is 31.8 Å². The summed E-state index contributed by atoms with van der Waals surface area (Å²) < 4.78 is 1.08. The molecule has 1 aromatic rings. The first-order valence-electron chi connectivity index (χ1n) is 5.00. The molecule has 0 radical (unpaired) electrons. The Morgan fingerprint density at radius 3 is 2.87 bits per heavy atom. The van der Waals surface area contributed by atoms with Gasteiger partial charge in [-0.1, -0.05) is 13.8 Å². The summed E-state index contributed by atoms with van der Waals surface area (Å²) in [6.45, 7) is 7.33. The highest BCUT2D eigenvalue weighted by Crippen LogP contribution is 2.18. The average Bonchev–Trinajstić information content (AvgIpc) is 2.19. The summed E-state index contributed by atoms with van der Waals surface area (Å²) in [5.41, 5.74) is 0. The Labute approximate surface area is 109 Å². The van der Waals surface area contributed by atoms with Gasteiger partial charge in [-0.15, -0.1) is 0 Å². The molecule has 3 nitrogen and oxygen atoms in total. The van der Waals surface area contributed by atoms with E-state index in [1.165, 1.54) is 0 Å². The molecule has 0 saturated heterocycles. The van der Waals surface area contributed by atoms with Gasteiger partial charge in [-0.3, -0.25) is 0 Å². The number of halogens is 1. The molecule has 1 rings (SSSR count). The molecule has 0 aliphatic rings. The van der Waals surface area contributed by atoms with Gasteiger partial charge in [0.05, 0.1) is 9.32 Å². The number of nitrogens with zero attached hydrogens (tertiary/aromatic N) is 2. The van der Waals surface area contributed by atoms with Gasteiger partial charge in [-0.2, -0.15) is 11.8 Å². The molecule has 1 heterocycles. The van der Waals surface area contributed by atoms with Crippen molar-refractivity contribution in [3.8, 4) is 0 Å². The van der Waals surface area contributed by atoms with Crippen molar-refractivity contribution >= 4 is 40.2 Å². The molecular weight excluding hydrogens is 321 g/mol. The summed E-state index contributed by atoms with van der Waals surface area (Å²) in [7, 11) is 0. The van der Waals surface area contributed by atoms with Gasteiger partial charge < -0.3 is 5.32 Å². The predicted octanol–water partition coefficient (Wildman–Crippen LogP) is 3.15. The van der Waals surface area contributed by atoms with E-state index in [4.69, 9.17) is 0 Å². The maximum atomic E-state index is 4.48.